The molecule has 0 unspecified atom stereocenters. The highest BCUT2D eigenvalue weighted by molar-refractivity contribution is 5.76. The van der Waals surface area contributed by atoms with Crippen molar-refractivity contribution in [1.82, 2.24) is 15.1 Å². The molecule has 9 nitrogen and oxygen atoms in total. The van der Waals surface area contributed by atoms with Gasteiger partial charge in [-0.15, -0.1) is 0 Å². The number of carboxylic acids is 1. The summed E-state index contributed by atoms with van der Waals surface area (Å²) in [5, 5.41) is 21.3. The molecule has 0 radical (unpaired) electrons. The van der Waals surface area contributed by atoms with Crippen LogP contribution in [0.3, 0.4) is 0 Å². The Morgan fingerprint density at radius 2 is 1.39 bits per heavy atom. The van der Waals surface area contributed by atoms with E-state index in [1.165, 1.54) is 5.56 Å². The number of amides is 1. The zero-order valence-corrected chi connectivity index (χ0v) is 29.2. The van der Waals surface area contributed by atoms with Gasteiger partial charge in [-0.05, 0) is 52.3 Å². The number of piperazine rings is 1. The summed E-state index contributed by atoms with van der Waals surface area (Å²) in [7, 11) is 0. The van der Waals surface area contributed by atoms with Gasteiger partial charge in [0.15, 0.2) is 6.29 Å². The molecule has 0 bridgehead atoms. The predicted molar refractivity (Wildman–Crippen MR) is 196 cm³/mol. The second-order valence-corrected chi connectivity index (χ2v) is 13.6. The average molecular weight is 692 g/mol. The molecule has 6 rings (SSSR count). The number of ether oxygens (including phenoxy) is 2. The van der Waals surface area contributed by atoms with Crippen molar-refractivity contribution in [3.8, 4) is 11.1 Å². The molecule has 4 aromatic carbocycles. The fraction of sp³-hybridized carbons (Fsp3) is 0.381. The Balaban J connectivity index is 1.08. The molecule has 2 saturated heterocycles. The number of hydrogen-bond donors (Lipinski definition) is 3. The Morgan fingerprint density at radius 1 is 0.706 bits per heavy atom. The van der Waals surface area contributed by atoms with Crippen LogP contribution in [0.4, 0.5) is 0 Å². The smallest absolute Gasteiger partial charge is 0.303 e. The minimum atomic E-state index is -0.836. The summed E-state index contributed by atoms with van der Waals surface area (Å²) in [5.74, 6) is -0.911. The van der Waals surface area contributed by atoms with E-state index in [0.717, 1.165) is 79.1 Å². The highest BCUT2D eigenvalue weighted by Crippen LogP contribution is 2.39. The lowest BCUT2D eigenvalue weighted by molar-refractivity contribution is -0.253. The molecule has 4 aromatic rings. The summed E-state index contributed by atoms with van der Waals surface area (Å²) in [6.45, 7) is 6.29. The monoisotopic (exact) mass is 691 g/mol. The van der Waals surface area contributed by atoms with Crippen LogP contribution in [0.1, 0.15) is 72.3 Å². The Bertz CT molecular complexity index is 1690. The molecule has 9 heteroatoms. The third kappa shape index (κ3) is 10.8. The van der Waals surface area contributed by atoms with Gasteiger partial charge in [0.2, 0.25) is 5.91 Å². The average Bonchev–Trinajstić information content (AvgIpc) is 3.17. The number of aliphatic hydroxyl groups excluding tert-OH is 1. The van der Waals surface area contributed by atoms with Gasteiger partial charge < -0.3 is 25.0 Å². The number of aliphatic carboxylic acids is 1. The van der Waals surface area contributed by atoms with E-state index in [4.69, 9.17) is 14.6 Å². The molecule has 3 N–H and O–H groups in total. The van der Waals surface area contributed by atoms with Crippen molar-refractivity contribution >= 4 is 11.9 Å². The van der Waals surface area contributed by atoms with E-state index in [-0.39, 0.29) is 31.1 Å². The van der Waals surface area contributed by atoms with Crippen LogP contribution in [0.5, 0.6) is 0 Å². The fourth-order valence-electron chi connectivity index (χ4n) is 6.84. The number of hydrogen-bond acceptors (Lipinski definition) is 7. The minimum Gasteiger partial charge on any atom is -0.481 e. The zero-order valence-electron chi connectivity index (χ0n) is 29.2. The van der Waals surface area contributed by atoms with Crippen molar-refractivity contribution in [2.45, 2.75) is 70.3 Å². The van der Waals surface area contributed by atoms with E-state index >= 15 is 0 Å². The molecule has 3 atom stereocenters. The molecule has 0 aliphatic carbocycles. The second kappa shape index (κ2) is 18.2. The SMILES string of the molecule is O=C(O)CCCCC(=O)NCc1cccc(-c2ccc([C@@H]3O[C@H](CN4CCN(Cc5ccccc5)CC4)C[C@H](c4ccc(CO)cc4)O3)cc2)c1. The van der Waals surface area contributed by atoms with Crippen LogP contribution < -0.4 is 5.32 Å². The Labute approximate surface area is 300 Å². The standard InChI is InChI=1S/C42H49N3O6/c46-30-32-13-15-35(16-14-32)39-26-38(29-45-23-21-44(22-24-45)28-31-7-2-1-3-8-31)50-42(51-39)36-19-17-34(18-20-36)37-10-6-9-33(25-37)27-43-40(47)11-4-5-12-41(48)49/h1-3,6-10,13-20,25,38-39,42,46H,4-5,11-12,21-24,26-30H2,(H,43,47)(H,48,49)/t38-,39+,42+/m0/s1. The first-order chi connectivity index (χ1) is 24.9. The molecule has 51 heavy (non-hydrogen) atoms. The largest absolute Gasteiger partial charge is 0.481 e. The molecule has 2 heterocycles. The summed E-state index contributed by atoms with van der Waals surface area (Å²) in [4.78, 5) is 28.0. The van der Waals surface area contributed by atoms with Crippen LogP contribution in [0.25, 0.3) is 11.1 Å². The molecule has 1 amide bonds. The maximum absolute atomic E-state index is 12.3. The first-order valence-electron chi connectivity index (χ1n) is 18.1. The van der Waals surface area contributed by atoms with Gasteiger partial charge in [0.1, 0.15) is 0 Å². The van der Waals surface area contributed by atoms with E-state index < -0.39 is 12.3 Å². The number of rotatable bonds is 15. The molecule has 2 aliphatic rings. The molecule has 268 valence electrons. The fourth-order valence-corrected chi connectivity index (χ4v) is 6.84. The number of carbonyl (C=O) groups is 2. The summed E-state index contributed by atoms with van der Waals surface area (Å²) >= 11 is 0. The van der Waals surface area contributed by atoms with Crippen molar-refractivity contribution in [1.29, 1.82) is 0 Å². The molecular weight excluding hydrogens is 642 g/mol. The van der Waals surface area contributed by atoms with Gasteiger partial charge in [-0.25, -0.2) is 0 Å². The van der Waals surface area contributed by atoms with Gasteiger partial charge in [0, 0.05) is 70.6 Å². The Kier molecular flexibility index (Phi) is 13.0. The Hall–Kier alpha value is -4.38. The van der Waals surface area contributed by atoms with Gasteiger partial charge in [-0.1, -0.05) is 97.1 Å². The molecule has 0 aromatic heterocycles. The Morgan fingerprint density at radius 3 is 2.12 bits per heavy atom. The summed E-state index contributed by atoms with van der Waals surface area (Å²) < 4.78 is 13.3. The number of carbonyl (C=O) groups excluding carboxylic acids is 1. The number of unbranched alkanes of at least 4 members (excludes halogenated alkanes) is 1. The van der Waals surface area contributed by atoms with E-state index in [9.17, 15) is 14.7 Å². The molecule has 2 aliphatic heterocycles. The third-order valence-corrected chi connectivity index (χ3v) is 9.77. The topological polar surface area (TPSA) is 112 Å². The van der Waals surface area contributed by atoms with E-state index in [1.807, 2.05) is 24.3 Å². The van der Waals surface area contributed by atoms with Crippen molar-refractivity contribution in [2.75, 3.05) is 32.7 Å². The van der Waals surface area contributed by atoms with Crippen molar-refractivity contribution in [2.24, 2.45) is 0 Å². The normalized spacial score (nSPS) is 19.8. The third-order valence-electron chi connectivity index (χ3n) is 9.77. The van der Waals surface area contributed by atoms with Crippen LogP contribution in [0.15, 0.2) is 103 Å². The van der Waals surface area contributed by atoms with Crippen LogP contribution in [-0.4, -0.2) is 70.7 Å². The molecule has 0 saturated carbocycles. The number of benzene rings is 4. The maximum atomic E-state index is 12.3. The quantitative estimate of drug-likeness (QED) is 0.122. The van der Waals surface area contributed by atoms with Gasteiger partial charge >= 0.3 is 5.97 Å². The van der Waals surface area contributed by atoms with Crippen molar-refractivity contribution < 1.29 is 29.3 Å². The van der Waals surface area contributed by atoms with E-state index in [0.29, 0.717) is 25.8 Å². The first kappa shape index (κ1) is 36.4. The summed E-state index contributed by atoms with van der Waals surface area (Å²) in [6.07, 6.45) is 1.56. The van der Waals surface area contributed by atoms with E-state index in [2.05, 4.69) is 94.0 Å². The van der Waals surface area contributed by atoms with Gasteiger partial charge in [-0.2, -0.15) is 0 Å². The number of nitrogens with one attached hydrogen (secondary N) is 1. The van der Waals surface area contributed by atoms with E-state index in [1.54, 1.807) is 0 Å². The number of aliphatic hydroxyl groups is 1. The van der Waals surface area contributed by atoms with Gasteiger partial charge in [0.05, 0.1) is 18.8 Å². The number of carboxylic acid groups (broad SMARTS) is 1. The van der Waals surface area contributed by atoms with Gasteiger partial charge in [-0.3, -0.25) is 19.4 Å². The maximum Gasteiger partial charge on any atom is 0.303 e. The zero-order chi connectivity index (χ0) is 35.4. The number of nitrogens with zero attached hydrogens (tertiary/aromatic N) is 2. The molecular formula is C42H49N3O6. The van der Waals surface area contributed by atoms with Crippen LogP contribution in [-0.2, 0) is 38.8 Å². The van der Waals surface area contributed by atoms with Crippen LogP contribution in [0, 0.1) is 0 Å². The summed E-state index contributed by atoms with van der Waals surface area (Å²) in [6, 6.07) is 35.1. The van der Waals surface area contributed by atoms with Crippen LogP contribution >= 0.6 is 0 Å². The lowest BCUT2D eigenvalue weighted by atomic mass is 9.98. The second-order valence-electron chi connectivity index (χ2n) is 13.6. The molecule has 2 fully saturated rings. The summed E-state index contributed by atoms with van der Waals surface area (Å²) in [5.41, 5.74) is 7.36. The van der Waals surface area contributed by atoms with Crippen LogP contribution in [0.2, 0.25) is 0 Å². The minimum absolute atomic E-state index is 0.00400. The predicted octanol–water partition coefficient (Wildman–Crippen LogP) is 6.47. The highest BCUT2D eigenvalue weighted by Gasteiger charge is 2.34. The van der Waals surface area contributed by atoms with Crippen molar-refractivity contribution in [3.63, 3.8) is 0 Å². The lowest BCUT2D eigenvalue weighted by Crippen LogP contribution is -2.49. The molecule has 0 spiro atoms. The van der Waals surface area contributed by atoms with Gasteiger partial charge in [0.25, 0.3) is 0 Å². The highest BCUT2D eigenvalue weighted by atomic mass is 16.7. The van der Waals surface area contributed by atoms with Crippen molar-refractivity contribution in [3.05, 3.63) is 131 Å². The lowest BCUT2D eigenvalue weighted by Gasteiger charge is -2.40. The first-order valence-corrected chi connectivity index (χ1v) is 18.1.